The summed E-state index contributed by atoms with van der Waals surface area (Å²) in [7, 11) is 0. The highest BCUT2D eigenvalue weighted by Gasteiger charge is 2.21. The number of rotatable bonds is 11. The molecule has 2 aromatic rings. The fraction of sp³-hybridized carbons (Fsp3) is 0.440. The quantitative estimate of drug-likeness (QED) is 0.438. The zero-order chi connectivity index (χ0) is 23.8. The Morgan fingerprint density at radius 2 is 1.91 bits per heavy atom. The van der Waals surface area contributed by atoms with Gasteiger partial charge in [0, 0.05) is 23.7 Å². The van der Waals surface area contributed by atoms with E-state index in [0.29, 0.717) is 35.9 Å². The van der Waals surface area contributed by atoms with Crippen molar-refractivity contribution in [2.75, 3.05) is 26.2 Å². The van der Waals surface area contributed by atoms with E-state index < -0.39 is 0 Å². The lowest BCUT2D eigenvalue weighted by molar-refractivity contribution is -0.119. The van der Waals surface area contributed by atoms with Crippen LogP contribution in [0.25, 0.3) is 5.57 Å². The van der Waals surface area contributed by atoms with Crippen molar-refractivity contribution in [3.05, 3.63) is 68.1 Å². The number of nitrogens with one attached hydrogen (secondary N) is 2. The summed E-state index contributed by atoms with van der Waals surface area (Å²) in [6, 6.07) is 8.77. The Balaban J connectivity index is 1.75. The molecule has 2 heterocycles. The molecule has 6 nitrogen and oxygen atoms in total. The third-order valence-corrected chi connectivity index (χ3v) is 6.40. The summed E-state index contributed by atoms with van der Waals surface area (Å²) in [5.41, 5.74) is 1.81. The smallest absolute Gasteiger partial charge is 0.267 e. The number of ether oxygens (including phenoxy) is 1. The molecule has 0 unspecified atom stereocenters. The van der Waals surface area contributed by atoms with Crippen molar-refractivity contribution in [2.24, 2.45) is 0 Å². The molecule has 33 heavy (non-hydrogen) atoms. The van der Waals surface area contributed by atoms with Crippen LogP contribution in [0.3, 0.4) is 0 Å². The van der Waals surface area contributed by atoms with Crippen molar-refractivity contribution in [2.45, 2.75) is 45.6 Å². The summed E-state index contributed by atoms with van der Waals surface area (Å²) in [6.45, 7) is 8.12. The predicted octanol–water partition coefficient (Wildman–Crippen LogP) is 4.89. The molecule has 1 fully saturated rings. The molecule has 1 aromatic carbocycles. The number of carbonyl (C=O) groups excluding carboxylic acids is 1. The van der Waals surface area contributed by atoms with Crippen LogP contribution in [0, 0.1) is 0 Å². The number of benzene rings is 1. The normalized spacial score (nSPS) is 16.3. The topological polar surface area (TPSA) is 74.4 Å². The average Bonchev–Trinajstić information content (AvgIpc) is 3.22. The summed E-state index contributed by atoms with van der Waals surface area (Å²) < 4.78 is 5.91. The first-order chi connectivity index (χ1) is 15.9. The highest BCUT2D eigenvalue weighted by Crippen LogP contribution is 2.31. The van der Waals surface area contributed by atoms with Crippen LogP contribution in [0.2, 0.25) is 10.0 Å². The molecule has 0 aliphatic carbocycles. The Hall–Kier alpha value is -2.28. The van der Waals surface area contributed by atoms with Gasteiger partial charge in [-0.3, -0.25) is 9.59 Å². The molecule has 1 saturated heterocycles. The Kier molecular flexibility index (Phi) is 9.41. The number of nitrogens with zero attached hydrogens (tertiary/aromatic N) is 1. The maximum Gasteiger partial charge on any atom is 0.267 e. The number of carbonyl (C=O) groups is 1. The van der Waals surface area contributed by atoms with Crippen molar-refractivity contribution in [1.82, 2.24) is 15.2 Å². The third kappa shape index (κ3) is 7.10. The number of hydrogen-bond donors (Lipinski definition) is 2. The molecule has 0 bridgehead atoms. The van der Waals surface area contributed by atoms with Gasteiger partial charge in [0.05, 0.1) is 11.6 Å². The van der Waals surface area contributed by atoms with Crippen molar-refractivity contribution in [3.63, 3.8) is 0 Å². The number of hydrogen-bond acceptors (Lipinski definition) is 4. The zero-order valence-electron chi connectivity index (χ0n) is 19.1. The molecule has 1 aliphatic heterocycles. The van der Waals surface area contributed by atoms with Gasteiger partial charge in [-0.05, 0) is 68.7 Å². The summed E-state index contributed by atoms with van der Waals surface area (Å²) >= 11 is 12.5. The van der Waals surface area contributed by atoms with E-state index in [1.54, 1.807) is 12.1 Å². The summed E-state index contributed by atoms with van der Waals surface area (Å²) in [5.74, 6) is 0.643. The van der Waals surface area contributed by atoms with Gasteiger partial charge in [0.1, 0.15) is 10.8 Å². The third-order valence-electron chi connectivity index (χ3n) is 5.81. The fourth-order valence-electron chi connectivity index (χ4n) is 3.86. The van der Waals surface area contributed by atoms with Crippen LogP contribution in [0.15, 0.2) is 41.2 Å². The molecule has 1 atom stereocenters. The first-order valence-corrected chi connectivity index (χ1v) is 12.2. The minimum atomic E-state index is -0.369. The van der Waals surface area contributed by atoms with Gasteiger partial charge in [0.25, 0.3) is 5.56 Å². The molecular weight excluding hydrogens is 461 g/mol. The summed E-state index contributed by atoms with van der Waals surface area (Å²) in [5, 5.41) is 3.55. The second-order valence-electron chi connectivity index (χ2n) is 8.07. The lowest BCUT2D eigenvalue weighted by Gasteiger charge is -2.17. The lowest BCUT2D eigenvalue weighted by atomic mass is 9.99. The van der Waals surface area contributed by atoms with Gasteiger partial charge in [-0.2, -0.15) is 0 Å². The van der Waals surface area contributed by atoms with E-state index in [2.05, 4.69) is 29.0 Å². The van der Waals surface area contributed by atoms with Crippen LogP contribution in [0.4, 0.5) is 0 Å². The summed E-state index contributed by atoms with van der Waals surface area (Å²) in [6.07, 6.45) is 5.15. The van der Waals surface area contributed by atoms with Gasteiger partial charge in [0.15, 0.2) is 0 Å². The van der Waals surface area contributed by atoms with E-state index >= 15 is 0 Å². The van der Waals surface area contributed by atoms with Crippen molar-refractivity contribution < 1.29 is 9.53 Å². The molecule has 1 aliphatic rings. The number of unbranched alkanes of at least 4 members (excludes halogenated alkanes) is 1. The molecule has 1 aromatic heterocycles. The Morgan fingerprint density at radius 3 is 2.55 bits per heavy atom. The molecule has 2 N–H and O–H groups in total. The second-order valence-corrected chi connectivity index (χ2v) is 8.88. The van der Waals surface area contributed by atoms with Gasteiger partial charge in [-0.25, -0.2) is 0 Å². The number of H-pyrrole nitrogens is 1. The minimum absolute atomic E-state index is 0.0166. The van der Waals surface area contributed by atoms with Crippen molar-refractivity contribution >= 4 is 34.7 Å². The molecule has 1 amide bonds. The van der Waals surface area contributed by atoms with Gasteiger partial charge in [-0.1, -0.05) is 49.2 Å². The average molecular weight is 492 g/mol. The lowest BCUT2D eigenvalue weighted by Crippen LogP contribution is -2.24. The van der Waals surface area contributed by atoms with Gasteiger partial charge in [-0.15, -0.1) is 0 Å². The molecular formula is C25H31Cl2N3O3. The Morgan fingerprint density at radius 1 is 1.12 bits per heavy atom. The monoisotopic (exact) mass is 491 g/mol. The number of aromatic amines is 1. The maximum absolute atomic E-state index is 12.1. The molecule has 3 rings (SSSR count). The van der Waals surface area contributed by atoms with Gasteiger partial charge < -0.3 is 19.9 Å². The Labute approximate surface area is 204 Å². The van der Waals surface area contributed by atoms with Crippen molar-refractivity contribution in [1.29, 1.82) is 0 Å². The highest BCUT2D eigenvalue weighted by atomic mass is 35.5. The first kappa shape index (κ1) is 25.3. The van der Waals surface area contributed by atoms with Crippen molar-refractivity contribution in [3.8, 4) is 5.75 Å². The maximum atomic E-state index is 12.1. The molecule has 0 radical (unpaired) electrons. The van der Waals surface area contributed by atoms with E-state index in [-0.39, 0.29) is 22.5 Å². The van der Waals surface area contributed by atoms with Crippen LogP contribution >= 0.6 is 23.2 Å². The first-order valence-electron chi connectivity index (χ1n) is 11.5. The summed E-state index contributed by atoms with van der Waals surface area (Å²) in [4.78, 5) is 29.0. The van der Waals surface area contributed by atoms with Crippen LogP contribution in [0.1, 0.15) is 50.8 Å². The van der Waals surface area contributed by atoms with Crippen LogP contribution in [-0.2, 0) is 4.79 Å². The minimum Gasteiger partial charge on any atom is -0.492 e. The molecule has 178 valence electrons. The Bertz CT molecular complexity index is 1050. The second kappa shape index (κ2) is 12.3. The largest absolute Gasteiger partial charge is 0.492 e. The number of aromatic nitrogens is 1. The zero-order valence-corrected chi connectivity index (χ0v) is 20.6. The van der Waals surface area contributed by atoms with Gasteiger partial charge >= 0.3 is 0 Å². The van der Waals surface area contributed by atoms with E-state index in [1.165, 1.54) is 0 Å². The number of halogens is 2. The number of amides is 1. The predicted molar refractivity (Wildman–Crippen MR) is 134 cm³/mol. The molecule has 8 heteroatoms. The van der Waals surface area contributed by atoms with Crippen LogP contribution < -0.4 is 15.6 Å². The highest BCUT2D eigenvalue weighted by molar-refractivity contribution is 6.32. The SMILES string of the molecule is CCN(CC)CCCCOc1ccc(/C(=C/[C@H]2CCC(=O)N2)c2ccc(Cl)c(=O)[nH]2)cc1Cl. The number of pyridine rings is 1. The molecule has 0 saturated carbocycles. The van der Waals surface area contributed by atoms with Crippen LogP contribution in [-0.4, -0.2) is 48.1 Å². The van der Waals surface area contributed by atoms with E-state index in [9.17, 15) is 9.59 Å². The van der Waals surface area contributed by atoms with Gasteiger partial charge in [0.2, 0.25) is 5.91 Å². The molecule has 0 spiro atoms. The van der Waals surface area contributed by atoms with E-state index in [4.69, 9.17) is 27.9 Å². The standard InChI is InChI=1S/C25H31Cl2N3O3/c1-3-30(4-2)13-5-6-14-33-23-11-7-17(15-21(23)27)19(16-18-8-12-24(31)28-18)22-10-9-20(26)25(32)29-22/h7,9-11,15-16,18H,3-6,8,12-14H2,1-2H3,(H,28,31)(H,29,32)/b19-16-/t18-/m1/s1. The fourth-order valence-corrected chi connectivity index (χ4v) is 4.21. The van der Waals surface area contributed by atoms with Crippen LogP contribution in [0.5, 0.6) is 5.75 Å². The van der Waals surface area contributed by atoms with E-state index in [1.807, 2.05) is 24.3 Å². The van der Waals surface area contributed by atoms with E-state index in [0.717, 1.165) is 43.6 Å².